The Bertz CT molecular complexity index is 613. The van der Waals surface area contributed by atoms with E-state index in [4.69, 9.17) is 0 Å². The van der Waals surface area contributed by atoms with Gasteiger partial charge < -0.3 is 10.0 Å². The number of anilines is 1. The van der Waals surface area contributed by atoms with Crippen LogP contribution >= 0.6 is 11.3 Å². The van der Waals surface area contributed by atoms with Crippen molar-refractivity contribution in [3.05, 3.63) is 17.3 Å². The summed E-state index contributed by atoms with van der Waals surface area (Å²) in [5.41, 5.74) is 0.277. The monoisotopic (exact) mass is 293 g/mol. The molecule has 1 aliphatic carbocycles. The van der Waals surface area contributed by atoms with E-state index in [0.717, 1.165) is 11.5 Å². The molecule has 0 atom stereocenters. The molecule has 2 aromatic rings. The van der Waals surface area contributed by atoms with Crippen LogP contribution in [-0.2, 0) is 0 Å². The van der Waals surface area contributed by atoms with E-state index >= 15 is 0 Å². The number of nitrogens with zero attached hydrogens (tertiary/aromatic N) is 3. The lowest BCUT2D eigenvalue weighted by atomic mass is 9.89. The predicted molar refractivity (Wildman–Crippen MR) is 79.9 cm³/mol. The highest BCUT2D eigenvalue weighted by atomic mass is 32.1. The van der Waals surface area contributed by atoms with Crippen LogP contribution in [-0.4, -0.2) is 34.1 Å². The maximum atomic E-state index is 11.5. The largest absolute Gasteiger partial charge is 0.476 e. The Kier molecular flexibility index (Phi) is 3.65. The quantitative estimate of drug-likeness (QED) is 0.941. The van der Waals surface area contributed by atoms with E-state index in [1.54, 1.807) is 10.6 Å². The third kappa shape index (κ3) is 2.40. The van der Waals surface area contributed by atoms with Crippen LogP contribution in [0.15, 0.2) is 11.6 Å². The second-order valence-electron chi connectivity index (χ2n) is 5.53. The number of fused-ring (bicyclic) bond motifs is 1. The number of hydrogen-bond acceptors (Lipinski definition) is 4. The van der Waals surface area contributed by atoms with Crippen molar-refractivity contribution >= 4 is 28.1 Å². The van der Waals surface area contributed by atoms with E-state index in [2.05, 4.69) is 4.98 Å². The van der Waals surface area contributed by atoms with Gasteiger partial charge in [-0.05, 0) is 18.8 Å². The molecule has 0 aliphatic heterocycles. The number of thiazole rings is 1. The minimum Gasteiger partial charge on any atom is -0.476 e. The minimum atomic E-state index is -0.915. The van der Waals surface area contributed by atoms with Crippen LogP contribution < -0.4 is 4.90 Å². The molecule has 0 radical (unpaired) electrons. The molecule has 1 aliphatic rings. The summed E-state index contributed by atoms with van der Waals surface area (Å²) in [5, 5.41) is 11.3. The first-order valence-electron chi connectivity index (χ1n) is 7.07. The van der Waals surface area contributed by atoms with Crippen molar-refractivity contribution in [3.8, 4) is 0 Å². The van der Waals surface area contributed by atoms with Crippen LogP contribution in [0, 0.1) is 5.92 Å². The molecule has 0 bridgehead atoms. The standard InChI is InChI=1S/C14H19N3O2S/c1-16(9-10-5-3-2-4-6-10)12-11(13(18)19)17-7-8-20-14(17)15-12/h7-8,10H,2-6,9H2,1H3,(H,18,19). The fraction of sp³-hybridized carbons (Fsp3) is 0.571. The molecule has 3 rings (SSSR count). The van der Waals surface area contributed by atoms with Crippen LogP contribution in [0.2, 0.25) is 0 Å². The smallest absolute Gasteiger partial charge is 0.356 e. The van der Waals surface area contributed by atoms with Crippen molar-refractivity contribution in [2.45, 2.75) is 32.1 Å². The molecule has 5 nitrogen and oxygen atoms in total. The molecular weight excluding hydrogens is 274 g/mol. The molecule has 20 heavy (non-hydrogen) atoms. The molecule has 0 aromatic carbocycles. The third-order valence-electron chi connectivity index (χ3n) is 4.06. The Balaban J connectivity index is 1.86. The number of carboxylic acid groups (broad SMARTS) is 1. The molecule has 1 fully saturated rings. The van der Waals surface area contributed by atoms with Crippen molar-refractivity contribution in [1.82, 2.24) is 9.38 Å². The Morgan fingerprint density at radius 2 is 2.25 bits per heavy atom. The van der Waals surface area contributed by atoms with Crippen molar-refractivity contribution in [3.63, 3.8) is 0 Å². The highest BCUT2D eigenvalue weighted by Crippen LogP contribution is 2.28. The molecule has 2 heterocycles. The van der Waals surface area contributed by atoms with E-state index < -0.39 is 5.97 Å². The number of carbonyl (C=O) groups is 1. The van der Waals surface area contributed by atoms with Gasteiger partial charge in [0.2, 0.25) is 0 Å². The summed E-state index contributed by atoms with van der Waals surface area (Å²) in [4.78, 5) is 18.8. The number of rotatable bonds is 4. The average molecular weight is 293 g/mol. The summed E-state index contributed by atoms with van der Waals surface area (Å²) in [5.74, 6) is 0.339. The molecule has 1 saturated carbocycles. The van der Waals surface area contributed by atoms with Gasteiger partial charge in [-0.15, -0.1) is 11.3 Å². The van der Waals surface area contributed by atoms with Gasteiger partial charge in [-0.2, -0.15) is 0 Å². The Hall–Kier alpha value is -1.56. The van der Waals surface area contributed by atoms with Gasteiger partial charge in [0, 0.05) is 25.2 Å². The Labute approximate surface area is 121 Å². The van der Waals surface area contributed by atoms with Crippen molar-refractivity contribution in [2.24, 2.45) is 5.92 Å². The van der Waals surface area contributed by atoms with E-state index in [-0.39, 0.29) is 5.69 Å². The number of aromatic nitrogens is 2. The van der Waals surface area contributed by atoms with Gasteiger partial charge in [-0.25, -0.2) is 9.78 Å². The summed E-state index contributed by atoms with van der Waals surface area (Å²) >= 11 is 1.47. The normalized spacial score (nSPS) is 16.6. The molecule has 0 amide bonds. The molecular formula is C14H19N3O2S. The van der Waals surface area contributed by atoms with Crippen molar-refractivity contribution in [1.29, 1.82) is 0 Å². The zero-order valence-electron chi connectivity index (χ0n) is 11.6. The lowest BCUT2D eigenvalue weighted by Gasteiger charge is -2.27. The summed E-state index contributed by atoms with van der Waals surface area (Å²) in [6.45, 7) is 0.894. The molecule has 6 heteroatoms. The Morgan fingerprint density at radius 3 is 2.95 bits per heavy atom. The van der Waals surface area contributed by atoms with Gasteiger partial charge in [-0.1, -0.05) is 19.3 Å². The SMILES string of the molecule is CN(CC1CCCCC1)c1nc2sccn2c1C(=O)O. The number of aromatic carboxylic acids is 1. The second kappa shape index (κ2) is 5.44. The zero-order chi connectivity index (χ0) is 14.1. The summed E-state index contributed by atoms with van der Waals surface area (Å²) in [6, 6.07) is 0. The second-order valence-corrected chi connectivity index (χ2v) is 6.40. The Morgan fingerprint density at radius 1 is 1.50 bits per heavy atom. The highest BCUT2D eigenvalue weighted by molar-refractivity contribution is 7.15. The summed E-state index contributed by atoms with van der Waals surface area (Å²) < 4.78 is 1.67. The first-order valence-corrected chi connectivity index (χ1v) is 7.94. The predicted octanol–water partition coefficient (Wildman–Crippen LogP) is 3.11. The van der Waals surface area contributed by atoms with Crippen LogP contribution in [0.5, 0.6) is 0 Å². The van der Waals surface area contributed by atoms with Crippen LogP contribution in [0.25, 0.3) is 4.96 Å². The number of hydrogen-bond donors (Lipinski definition) is 1. The van der Waals surface area contributed by atoms with E-state index in [9.17, 15) is 9.90 Å². The summed E-state index contributed by atoms with van der Waals surface area (Å²) in [6.07, 6.45) is 8.18. The van der Waals surface area contributed by atoms with Gasteiger partial charge in [0.05, 0.1) is 0 Å². The lowest BCUT2D eigenvalue weighted by Crippen LogP contribution is -2.28. The molecule has 2 aromatic heterocycles. The third-order valence-corrected chi connectivity index (χ3v) is 4.82. The van der Waals surface area contributed by atoms with E-state index in [0.29, 0.717) is 11.7 Å². The van der Waals surface area contributed by atoms with Crippen molar-refractivity contribution < 1.29 is 9.90 Å². The maximum Gasteiger partial charge on any atom is 0.356 e. The lowest BCUT2D eigenvalue weighted by molar-refractivity contribution is 0.0690. The van der Waals surface area contributed by atoms with E-state index in [1.807, 2.05) is 17.3 Å². The molecule has 108 valence electrons. The fourth-order valence-corrected chi connectivity index (χ4v) is 3.79. The van der Waals surface area contributed by atoms with E-state index in [1.165, 1.54) is 43.4 Å². The zero-order valence-corrected chi connectivity index (χ0v) is 12.4. The number of carboxylic acids is 1. The van der Waals surface area contributed by atoms with Gasteiger partial charge in [0.15, 0.2) is 16.5 Å². The first-order chi connectivity index (χ1) is 9.66. The molecule has 0 spiro atoms. The van der Waals surface area contributed by atoms with Gasteiger partial charge in [-0.3, -0.25) is 4.40 Å². The fourth-order valence-electron chi connectivity index (χ4n) is 3.08. The topological polar surface area (TPSA) is 57.8 Å². The summed E-state index contributed by atoms with van der Waals surface area (Å²) in [7, 11) is 1.95. The van der Waals surface area contributed by atoms with Gasteiger partial charge in [0.25, 0.3) is 0 Å². The van der Waals surface area contributed by atoms with Gasteiger partial charge >= 0.3 is 5.97 Å². The highest BCUT2D eigenvalue weighted by Gasteiger charge is 2.24. The van der Waals surface area contributed by atoms with Crippen molar-refractivity contribution in [2.75, 3.05) is 18.5 Å². The van der Waals surface area contributed by atoms with Gasteiger partial charge in [0.1, 0.15) is 0 Å². The number of imidazole rings is 1. The first kappa shape index (κ1) is 13.4. The molecule has 1 N–H and O–H groups in total. The van der Waals surface area contributed by atoms with Crippen LogP contribution in [0.4, 0.5) is 5.82 Å². The average Bonchev–Trinajstić information content (AvgIpc) is 2.98. The molecule has 0 saturated heterocycles. The van der Waals surface area contributed by atoms with Crippen LogP contribution in [0.1, 0.15) is 42.6 Å². The molecule has 0 unspecified atom stereocenters. The maximum absolute atomic E-state index is 11.5. The van der Waals surface area contributed by atoms with Crippen LogP contribution in [0.3, 0.4) is 0 Å². The minimum absolute atomic E-state index is 0.277.